The Morgan fingerprint density at radius 2 is 2.33 bits per heavy atom. The molecular weight excluding hydrogens is 192 g/mol. The van der Waals surface area contributed by atoms with E-state index in [0.717, 1.165) is 26.1 Å². The van der Waals surface area contributed by atoms with Crippen molar-refractivity contribution < 1.29 is 9.47 Å². The minimum atomic E-state index is 0.384. The first-order valence-corrected chi connectivity index (χ1v) is 5.97. The third kappa shape index (κ3) is 3.41. The van der Waals surface area contributed by atoms with Crippen LogP contribution in [0, 0.1) is 0 Å². The largest absolute Gasteiger partial charge is 0.355 e. The highest BCUT2D eigenvalue weighted by Gasteiger charge is 2.22. The summed E-state index contributed by atoms with van der Waals surface area (Å²) in [5.74, 6) is 0. The summed E-state index contributed by atoms with van der Waals surface area (Å²) in [5.41, 5.74) is 0. The number of ether oxygens (including phenoxy) is 2. The first-order valence-electron chi connectivity index (χ1n) is 5.97. The van der Waals surface area contributed by atoms with E-state index in [-0.39, 0.29) is 0 Å². The van der Waals surface area contributed by atoms with Gasteiger partial charge in [0.2, 0.25) is 0 Å². The van der Waals surface area contributed by atoms with Gasteiger partial charge in [-0.15, -0.1) is 0 Å². The van der Waals surface area contributed by atoms with Gasteiger partial charge in [-0.25, -0.2) is 0 Å². The van der Waals surface area contributed by atoms with Crippen molar-refractivity contribution in [3.05, 3.63) is 0 Å². The van der Waals surface area contributed by atoms with Crippen molar-refractivity contribution in [2.75, 3.05) is 40.1 Å². The summed E-state index contributed by atoms with van der Waals surface area (Å²) < 4.78 is 10.7. The molecule has 2 heterocycles. The molecule has 1 N–H and O–H groups in total. The number of likely N-dealkylation sites (N-methyl/N-ethyl adjacent to an activating group) is 1. The zero-order valence-corrected chi connectivity index (χ0v) is 9.58. The molecule has 4 heteroatoms. The maximum Gasteiger partial charge on any atom is 0.147 e. The maximum atomic E-state index is 5.57. The molecule has 2 saturated heterocycles. The Kier molecular flexibility index (Phi) is 4.38. The first-order chi connectivity index (χ1) is 7.38. The van der Waals surface area contributed by atoms with E-state index in [0.29, 0.717) is 18.9 Å². The van der Waals surface area contributed by atoms with E-state index in [2.05, 4.69) is 17.3 Å². The lowest BCUT2D eigenvalue weighted by atomic mass is 10.1. The summed E-state index contributed by atoms with van der Waals surface area (Å²) in [6, 6.07) is 0.665. The quantitative estimate of drug-likeness (QED) is 0.739. The van der Waals surface area contributed by atoms with Gasteiger partial charge in [-0.05, 0) is 32.9 Å². The minimum Gasteiger partial charge on any atom is -0.355 e. The van der Waals surface area contributed by atoms with Crippen molar-refractivity contribution in [1.82, 2.24) is 10.2 Å². The molecule has 0 aromatic rings. The highest BCUT2D eigenvalue weighted by atomic mass is 16.7. The van der Waals surface area contributed by atoms with Gasteiger partial charge in [0.15, 0.2) is 0 Å². The Morgan fingerprint density at radius 3 is 3.07 bits per heavy atom. The Hall–Kier alpha value is -0.160. The van der Waals surface area contributed by atoms with Crippen LogP contribution in [0.5, 0.6) is 0 Å². The molecule has 0 spiro atoms. The van der Waals surface area contributed by atoms with Gasteiger partial charge in [-0.2, -0.15) is 0 Å². The molecule has 2 aliphatic rings. The number of nitrogens with one attached hydrogen (secondary N) is 1. The molecule has 0 aromatic carbocycles. The van der Waals surface area contributed by atoms with Crippen LogP contribution in [0.3, 0.4) is 0 Å². The van der Waals surface area contributed by atoms with Crippen LogP contribution in [-0.2, 0) is 9.47 Å². The van der Waals surface area contributed by atoms with Gasteiger partial charge in [-0.3, -0.25) is 4.90 Å². The molecule has 0 saturated carbocycles. The van der Waals surface area contributed by atoms with Crippen LogP contribution in [0.15, 0.2) is 0 Å². The number of piperidine rings is 1. The lowest BCUT2D eigenvalue weighted by molar-refractivity contribution is -0.145. The van der Waals surface area contributed by atoms with E-state index in [9.17, 15) is 0 Å². The molecule has 0 amide bonds. The van der Waals surface area contributed by atoms with E-state index >= 15 is 0 Å². The van der Waals surface area contributed by atoms with Crippen LogP contribution >= 0.6 is 0 Å². The predicted molar refractivity (Wildman–Crippen MR) is 58.8 cm³/mol. The molecule has 15 heavy (non-hydrogen) atoms. The maximum absolute atomic E-state index is 5.57. The third-order valence-corrected chi connectivity index (χ3v) is 3.35. The van der Waals surface area contributed by atoms with Gasteiger partial charge in [0, 0.05) is 19.1 Å². The second-order valence-electron chi connectivity index (χ2n) is 4.49. The molecule has 2 aliphatic heterocycles. The molecule has 2 unspecified atom stereocenters. The molecule has 2 rings (SSSR count). The van der Waals surface area contributed by atoms with Crippen LogP contribution in [-0.4, -0.2) is 57.1 Å². The summed E-state index contributed by atoms with van der Waals surface area (Å²) in [6.07, 6.45) is 4.03. The summed E-state index contributed by atoms with van der Waals surface area (Å²) in [4.78, 5) is 2.51. The lowest BCUT2D eigenvalue weighted by Gasteiger charge is -2.35. The van der Waals surface area contributed by atoms with E-state index in [4.69, 9.17) is 9.47 Å². The molecule has 88 valence electrons. The van der Waals surface area contributed by atoms with Crippen LogP contribution in [0.25, 0.3) is 0 Å². The van der Waals surface area contributed by atoms with Crippen molar-refractivity contribution in [3.63, 3.8) is 0 Å². The number of hydrogen-bond donors (Lipinski definition) is 1. The highest BCUT2D eigenvalue weighted by molar-refractivity contribution is 4.79. The fourth-order valence-electron chi connectivity index (χ4n) is 2.39. The molecule has 2 atom stereocenters. The first kappa shape index (κ1) is 11.3. The summed E-state index contributed by atoms with van der Waals surface area (Å²) >= 11 is 0. The van der Waals surface area contributed by atoms with Crippen LogP contribution < -0.4 is 5.32 Å². The van der Waals surface area contributed by atoms with E-state index in [1.54, 1.807) is 0 Å². The summed E-state index contributed by atoms with van der Waals surface area (Å²) in [7, 11) is 2.05. The Bertz CT molecular complexity index is 183. The monoisotopic (exact) mass is 214 g/mol. The van der Waals surface area contributed by atoms with Gasteiger partial charge in [-0.1, -0.05) is 0 Å². The third-order valence-electron chi connectivity index (χ3n) is 3.35. The lowest BCUT2D eigenvalue weighted by Crippen LogP contribution is -2.47. The van der Waals surface area contributed by atoms with Crippen molar-refractivity contribution in [1.29, 1.82) is 0 Å². The van der Waals surface area contributed by atoms with Crippen LogP contribution in [0.1, 0.15) is 19.3 Å². The molecule has 4 nitrogen and oxygen atoms in total. The van der Waals surface area contributed by atoms with E-state index < -0.39 is 0 Å². The van der Waals surface area contributed by atoms with Crippen molar-refractivity contribution in [2.45, 2.75) is 31.4 Å². The van der Waals surface area contributed by atoms with Gasteiger partial charge in [0.1, 0.15) is 6.79 Å². The smallest absolute Gasteiger partial charge is 0.147 e. The topological polar surface area (TPSA) is 33.7 Å². The highest BCUT2D eigenvalue weighted by Crippen LogP contribution is 2.13. The molecule has 0 aromatic heterocycles. The van der Waals surface area contributed by atoms with Crippen LogP contribution in [0.4, 0.5) is 0 Å². The predicted octanol–water partition coefficient (Wildman–Crippen LogP) is 0.433. The Morgan fingerprint density at radius 1 is 1.40 bits per heavy atom. The second-order valence-corrected chi connectivity index (χ2v) is 4.49. The van der Waals surface area contributed by atoms with Crippen LogP contribution in [0.2, 0.25) is 0 Å². The molecular formula is C11H22N2O2. The number of nitrogens with zero attached hydrogens (tertiary/aromatic N) is 1. The number of rotatable bonds is 3. The molecule has 0 aliphatic carbocycles. The summed E-state index contributed by atoms with van der Waals surface area (Å²) in [5, 5.41) is 3.36. The second kappa shape index (κ2) is 5.80. The van der Waals surface area contributed by atoms with Crippen molar-refractivity contribution in [3.8, 4) is 0 Å². The SMILES string of the molecule is CNC1CCCN(CC2CCOCO2)C1. The standard InChI is InChI=1S/C11H22N2O2/c1-12-10-3-2-5-13(7-10)8-11-4-6-14-9-15-11/h10-12H,2-9H2,1H3. The van der Waals surface area contributed by atoms with Gasteiger partial charge >= 0.3 is 0 Å². The Labute approximate surface area is 91.9 Å². The normalized spacial score (nSPS) is 34.2. The molecule has 2 fully saturated rings. The fourth-order valence-corrected chi connectivity index (χ4v) is 2.39. The van der Waals surface area contributed by atoms with Gasteiger partial charge < -0.3 is 14.8 Å². The van der Waals surface area contributed by atoms with E-state index in [1.165, 1.54) is 19.4 Å². The number of hydrogen-bond acceptors (Lipinski definition) is 4. The average molecular weight is 214 g/mol. The molecule has 0 radical (unpaired) electrons. The Balaban J connectivity index is 1.72. The summed E-state index contributed by atoms with van der Waals surface area (Å²) in [6.45, 7) is 4.79. The zero-order chi connectivity index (χ0) is 10.5. The fraction of sp³-hybridized carbons (Fsp3) is 1.00. The van der Waals surface area contributed by atoms with Crippen molar-refractivity contribution >= 4 is 0 Å². The number of likely N-dealkylation sites (tertiary alicyclic amines) is 1. The van der Waals surface area contributed by atoms with Gasteiger partial charge in [0.25, 0.3) is 0 Å². The van der Waals surface area contributed by atoms with E-state index in [1.807, 2.05) is 0 Å². The zero-order valence-electron chi connectivity index (χ0n) is 9.58. The average Bonchev–Trinajstić information content (AvgIpc) is 2.31. The minimum absolute atomic E-state index is 0.384. The van der Waals surface area contributed by atoms with Gasteiger partial charge in [0.05, 0.1) is 12.7 Å². The van der Waals surface area contributed by atoms with Crippen molar-refractivity contribution in [2.24, 2.45) is 0 Å². The molecule has 0 bridgehead atoms.